The van der Waals surface area contributed by atoms with Gasteiger partial charge in [0.15, 0.2) is 0 Å². The minimum absolute atomic E-state index is 0.555. The highest BCUT2D eigenvalue weighted by Gasteiger charge is 2.41. The van der Waals surface area contributed by atoms with Gasteiger partial charge in [0, 0.05) is 0 Å². The van der Waals surface area contributed by atoms with Crippen molar-refractivity contribution in [2.75, 3.05) is 0 Å². The molecular weight excluding hydrogens is 232 g/mol. The van der Waals surface area contributed by atoms with Gasteiger partial charge in [-0.25, -0.2) is 0 Å². The maximum Gasteiger partial charge on any atom is 0.0899 e. The maximum absolute atomic E-state index is 11.0. The molecule has 2 atom stereocenters. The van der Waals surface area contributed by atoms with Crippen LogP contribution in [0.2, 0.25) is 0 Å². The lowest BCUT2D eigenvalue weighted by Crippen LogP contribution is -2.33. The van der Waals surface area contributed by atoms with Crippen molar-refractivity contribution in [3.63, 3.8) is 0 Å². The van der Waals surface area contributed by atoms with E-state index in [4.69, 9.17) is 0 Å². The van der Waals surface area contributed by atoms with Crippen molar-refractivity contribution >= 4 is 0 Å². The fraction of sp³-hybridized carbons (Fsp3) is 0.667. The quantitative estimate of drug-likeness (QED) is 0.840. The maximum atomic E-state index is 11.0. The summed E-state index contributed by atoms with van der Waals surface area (Å²) in [7, 11) is 0. The molecule has 0 aromatic heterocycles. The number of benzene rings is 1. The van der Waals surface area contributed by atoms with E-state index in [1.807, 2.05) is 0 Å². The van der Waals surface area contributed by atoms with Crippen molar-refractivity contribution < 1.29 is 5.11 Å². The summed E-state index contributed by atoms with van der Waals surface area (Å²) in [4.78, 5) is 0. The van der Waals surface area contributed by atoms with Crippen molar-refractivity contribution in [1.82, 2.24) is 0 Å². The van der Waals surface area contributed by atoms with Crippen LogP contribution in [0.1, 0.15) is 69.4 Å². The van der Waals surface area contributed by atoms with Gasteiger partial charge in [-0.15, -0.1) is 0 Å². The SMILES string of the molecule is CC(C)c1ccc(C2(O)CCCC(C3CC3)C2)cc1. The van der Waals surface area contributed by atoms with E-state index in [9.17, 15) is 5.11 Å². The molecule has 1 nitrogen and oxygen atoms in total. The Hall–Kier alpha value is -0.820. The van der Waals surface area contributed by atoms with Crippen LogP contribution >= 0.6 is 0 Å². The molecule has 3 rings (SSSR count). The molecule has 2 aliphatic rings. The summed E-state index contributed by atoms with van der Waals surface area (Å²) in [5.41, 5.74) is 1.95. The highest BCUT2D eigenvalue weighted by molar-refractivity contribution is 5.29. The first kappa shape index (κ1) is 13.2. The molecule has 2 saturated carbocycles. The molecule has 2 fully saturated rings. The Kier molecular flexibility index (Phi) is 3.42. The lowest BCUT2D eigenvalue weighted by Gasteiger charge is -2.37. The summed E-state index contributed by atoms with van der Waals surface area (Å²) >= 11 is 0. The van der Waals surface area contributed by atoms with E-state index in [1.165, 1.54) is 31.2 Å². The van der Waals surface area contributed by atoms with Gasteiger partial charge >= 0.3 is 0 Å². The van der Waals surface area contributed by atoms with E-state index >= 15 is 0 Å². The fourth-order valence-corrected chi connectivity index (χ4v) is 3.71. The fourth-order valence-electron chi connectivity index (χ4n) is 3.71. The third-order valence-corrected chi connectivity index (χ3v) is 5.17. The molecule has 0 bridgehead atoms. The molecule has 0 saturated heterocycles. The molecule has 19 heavy (non-hydrogen) atoms. The highest BCUT2D eigenvalue weighted by atomic mass is 16.3. The van der Waals surface area contributed by atoms with Crippen LogP contribution in [-0.4, -0.2) is 5.11 Å². The Balaban J connectivity index is 1.78. The highest BCUT2D eigenvalue weighted by Crippen LogP contribution is 2.49. The first-order valence-corrected chi connectivity index (χ1v) is 7.91. The van der Waals surface area contributed by atoms with Gasteiger partial charge in [-0.05, 0) is 67.4 Å². The summed E-state index contributed by atoms with van der Waals surface area (Å²) in [6, 6.07) is 8.70. The van der Waals surface area contributed by atoms with E-state index < -0.39 is 5.60 Å². The lowest BCUT2D eigenvalue weighted by atomic mass is 9.72. The smallest absolute Gasteiger partial charge is 0.0899 e. The van der Waals surface area contributed by atoms with Crippen molar-refractivity contribution in [3.05, 3.63) is 35.4 Å². The van der Waals surface area contributed by atoms with Gasteiger partial charge in [0.2, 0.25) is 0 Å². The average molecular weight is 258 g/mol. The van der Waals surface area contributed by atoms with Crippen LogP contribution in [0.3, 0.4) is 0 Å². The molecule has 0 amide bonds. The normalized spacial score (nSPS) is 31.7. The molecular formula is C18H26O. The summed E-state index contributed by atoms with van der Waals surface area (Å²) in [6.45, 7) is 4.43. The Bertz CT molecular complexity index is 430. The molecule has 1 aromatic rings. The predicted octanol–water partition coefficient (Wildman–Crippen LogP) is 4.60. The average Bonchev–Trinajstić information content (AvgIpc) is 3.23. The monoisotopic (exact) mass is 258 g/mol. The first-order chi connectivity index (χ1) is 9.08. The van der Waals surface area contributed by atoms with Crippen molar-refractivity contribution in [1.29, 1.82) is 0 Å². The topological polar surface area (TPSA) is 20.2 Å². The number of rotatable bonds is 3. The third-order valence-electron chi connectivity index (χ3n) is 5.17. The van der Waals surface area contributed by atoms with Gasteiger partial charge < -0.3 is 5.11 Å². The zero-order valence-corrected chi connectivity index (χ0v) is 12.2. The summed E-state index contributed by atoms with van der Waals surface area (Å²) in [5.74, 6) is 2.25. The number of hydrogen-bond donors (Lipinski definition) is 1. The van der Waals surface area contributed by atoms with Crippen molar-refractivity contribution in [2.24, 2.45) is 11.8 Å². The van der Waals surface area contributed by atoms with Gasteiger partial charge in [0.1, 0.15) is 0 Å². The van der Waals surface area contributed by atoms with Gasteiger partial charge in [0.25, 0.3) is 0 Å². The third kappa shape index (κ3) is 2.72. The Labute approximate surface area is 117 Å². The Morgan fingerprint density at radius 1 is 1.05 bits per heavy atom. The standard InChI is InChI=1S/C18H26O/c1-13(2)14-7-9-17(10-8-14)18(19)11-3-4-16(12-18)15-5-6-15/h7-10,13,15-16,19H,3-6,11-12H2,1-2H3. The molecule has 0 radical (unpaired) electrons. The second-order valence-corrected chi connectivity index (χ2v) is 7.00. The van der Waals surface area contributed by atoms with Crippen LogP contribution in [0, 0.1) is 11.8 Å². The van der Waals surface area contributed by atoms with Crippen LogP contribution in [0.15, 0.2) is 24.3 Å². The van der Waals surface area contributed by atoms with E-state index in [0.717, 1.165) is 30.2 Å². The van der Waals surface area contributed by atoms with Crippen LogP contribution in [0.25, 0.3) is 0 Å². The van der Waals surface area contributed by atoms with Gasteiger partial charge in [0.05, 0.1) is 5.60 Å². The molecule has 104 valence electrons. The van der Waals surface area contributed by atoms with E-state index in [2.05, 4.69) is 38.1 Å². The minimum atomic E-state index is -0.555. The molecule has 0 aliphatic heterocycles. The van der Waals surface area contributed by atoms with Crippen molar-refractivity contribution in [3.8, 4) is 0 Å². The van der Waals surface area contributed by atoms with Gasteiger partial charge in [-0.2, -0.15) is 0 Å². The van der Waals surface area contributed by atoms with Crippen molar-refractivity contribution in [2.45, 2.75) is 63.9 Å². The Morgan fingerprint density at radius 2 is 1.74 bits per heavy atom. The predicted molar refractivity (Wildman–Crippen MR) is 79.1 cm³/mol. The zero-order valence-electron chi connectivity index (χ0n) is 12.2. The van der Waals surface area contributed by atoms with Gasteiger partial charge in [-0.1, -0.05) is 38.1 Å². The van der Waals surface area contributed by atoms with Crippen LogP contribution < -0.4 is 0 Å². The van der Waals surface area contributed by atoms with Crippen LogP contribution in [0.5, 0.6) is 0 Å². The largest absolute Gasteiger partial charge is 0.385 e. The summed E-state index contributed by atoms with van der Waals surface area (Å²) in [6.07, 6.45) is 7.23. The lowest BCUT2D eigenvalue weighted by molar-refractivity contribution is -0.0251. The molecule has 0 spiro atoms. The number of hydrogen-bond acceptors (Lipinski definition) is 1. The zero-order chi connectivity index (χ0) is 13.5. The summed E-state index contributed by atoms with van der Waals surface area (Å²) < 4.78 is 0. The molecule has 2 unspecified atom stereocenters. The molecule has 1 heteroatoms. The molecule has 2 aliphatic carbocycles. The van der Waals surface area contributed by atoms with Crippen LogP contribution in [0.4, 0.5) is 0 Å². The Morgan fingerprint density at radius 3 is 2.32 bits per heavy atom. The second kappa shape index (κ2) is 4.94. The molecule has 0 heterocycles. The van der Waals surface area contributed by atoms with E-state index in [-0.39, 0.29) is 0 Å². The first-order valence-electron chi connectivity index (χ1n) is 7.91. The van der Waals surface area contributed by atoms with Crippen LogP contribution in [-0.2, 0) is 5.60 Å². The van der Waals surface area contributed by atoms with E-state index in [1.54, 1.807) is 0 Å². The van der Waals surface area contributed by atoms with Gasteiger partial charge in [-0.3, -0.25) is 0 Å². The van der Waals surface area contributed by atoms with E-state index in [0.29, 0.717) is 5.92 Å². The molecule has 1 N–H and O–H groups in total. The second-order valence-electron chi connectivity index (χ2n) is 7.00. The number of aliphatic hydroxyl groups is 1. The minimum Gasteiger partial charge on any atom is -0.385 e. The molecule has 1 aromatic carbocycles. The summed E-state index contributed by atoms with van der Waals surface area (Å²) in [5, 5.41) is 11.0.